The minimum Gasteiger partial charge on any atom is -0.355 e. The Bertz CT molecular complexity index is 393. The lowest BCUT2D eigenvalue weighted by Gasteiger charge is -2.35. The van der Waals surface area contributed by atoms with Gasteiger partial charge in [-0.05, 0) is 25.7 Å². The van der Waals surface area contributed by atoms with Crippen molar-refractivity contribution in [3.05, 3.63) is 0 Å². The van der Waals surface area contributed by atoms with Gasteiger partial charge in [0.2, 0.25) is 17.7 Å². The van der Waals surface area contributed by atoms with Gasteiger partial charge in [-0.1, -0.05) is 6.92 Å². The van der Waals surface area contributed by atoms with E-state index >= 15 is 0 Å². The topological polar surface area (TPSA) is 78.5 Å². The van der Waals surface area contributed by atoms with Crippen LogP contribution in [0.2, 0.25) is 0 Å². The first-order valence-electron chi connectivity index (χ1n) is 7.95. The number of nitrogens with zero attached hydrogens (tertiary/aromatic N) is 1. The molecule has 118 valence electrons. The number of rotatable bonds is 4. The van der Waals surface area contributed by atoms with E-state index in [4.69, 9.17) is 0 Å². The third-order valence-corrected chi connectivity index (χ3v) is 4.26. The Hall–Kier alpha value is -1.59. The van der Waals surface area contributed by atoms with E-state index in [1.54, 1.807) is 0 Å². The van der Waals surface area contributed by atoms with E-state index in [9.17, 15) is 14.4 Å². The van der Waals surface area contributed by atoms with Crippen LogP contribution < -0.4 is 10.6 Å². The average molecular weight is 295 g/mol. The molecule has 0 spiro atoms. The third-order valence-electron chi connectivity index (χ3n) is 4.26. The molecule has 2 fully saturated rings. The number of piperidine rings is 2. The molecule has 0 radical (unpaired) electrons. The van der Waals surface area contributed by atoms with Gasteiger partial charge in [0.1, 0.15) is 0 Å². The molecule has 0 aliphatic carbocycles. The Kier molecular flexibility index (Phi) is 5.59. The van der Waals surface area contributed by atoms with Crippen molar-refractivity contribution in [3.63, 3.8) is 0 Å². The third kappa shape index (κ3) is 4.44. The Morgan fingerprint density at radius 2 is 2.00 bits per heavy atom. The normalized spacial score (nSPS) is 23.6. The summed E-state index contributed by atoms with van der Waals surface area (Å²) in [6.45, 7) is 3.84. The molecule has 21 heavy (non-hydrogen) atoms. The molecule has 2 heterocycles. The highest BCUT2D eigenvalue weighted by Crippen LogP contribution is 2.18. The number of likely N-dealkylation sites (tertiary alicyclic amines) is 1. The molecule has 2 aliphatic heterocycles. The highest BCUT2D eigenvalue weighted by molar-refractivity contribution is 5.83. The predicted octanol–water partition coefficient (Wildman–Crippen LogP) is 0.420. The number of carbonyl (C=O) groups is 3. The lowest BCUT2D eigenvalue weighted by molar-refractivity contribution is -0.138. The van der Waals surface area contributed by atoms with Crippen molar-refractivity contribution in [1.29, 1.82) is 0 Å². The molecule has 2 rings (SSSR count). The van der Waals surface area contributed by atoms with E-state index in [0.29, 0.717) is 38.9 Å². The second-order valence-corrected chi connectivity index (χ2v) is 5.96. The summed E-state index contributed by atoms with van der Waals surface area (Å²) in [5, 5.41) is 5.79. The van der Waals surface area contributed by atoms with E-state index < -0.39 is 0 Å². The van der Waals surface area contributed by atoms with Gasteiger partial charge in [-0.15, -0.1) is 0 Å². The zero-order chi connectivity index (χ0) is 15.2. The zero-order valence-corrected chi connectivity index (χ0v) is 12.7. The van der Waals surface area contributed by atoms with Crippen molar-refractivity contribution < 1.29 is 14.4 Å². The molecular weight excluding hydrogens is 270 g/mol. The fourth-order valence-corrected chi connectivity index (χ4v) is 2.97. The van der Waals surface area contributed by atoms with Crippen LogP contribution >= 0.6 is 0 Å². The SMILES string of the molecule is CCCC(=O)NC1CCN(C(=O)C2CCC(=O)NC2)CC1. The number of hydrogen-bond acceptors (Lipinski definition) is 3. The zero-order valence-electron chi connectivity index (χ0n) is 12.7. The van der Waals surface area contributed by atoms with Gasteiger partial charge in [0, 0.05) is 38.5 Å². The van der Waals surface area contributed by atoms with Crippen molar-refractivity contribution in [2.24, 2.45) is 5.92 Å². The van der Waals surface area contributed by atoms with Gasteiger partial charge in [0.25, 0.3) is 0 Å². The highest BCUT2D eigenvalue weighted by atomic mass is 16.2. The number of carbonyl (C=O) groups excluding carboxylic acids is 3. The van der Waals surface area contributed by atoms with Gasteiger partial charge in [0.05, 0.1) is 5.92 Å². The Morgan fingerprint density at radius 3 is 2.57 bits per heavy atom. The molecule has 0 saturated carbocycles. The summed E-state index contributed by atoms with van der Waals surface area (Å²) in [7, 11) is 0. The summed E-state index contributed by atoms with van der Waals surface area (Å²) in [6, 6.07) is 0.194. The maximum absolute atomic E-state index is 12.4. The molecule has 6 nitrogen and oxygen atoms in total. The second-order valence-electron chi connectivity index (χ2n) is 5.96. The molecule has 1 atom stereocenters. The fraction of sp³-hybridized carbons (Fsp3) is 0.800. The van der Waals surface area contributed by atoms with Crippen LogP contribution in [0.15, 0.2) is 0 Å². The monoisotopic (exact) mass is 295 g/mol. The Morgan fingerprint density at radius 1 is 1.29 bits per heavy atom. The summed E-state index contributed by atoms with van der Waals surface area (Å²) in [6.07, 6.45) is 4.16. The predicted molar refractivity (Wildman–Crippen MR) is 78.4 cm³/mol. The van der Waals surface area contributed by atoms with E-state index in [2.05, 4.69) is 10.6 Å². The quantitative estimate of drug-likeness (QED) is 0.789. The average Bonchev–Trinajstić information content (AvgIpc) is 2.48. The lowest BCUT2D eigenvalue weighted by atomic mass is 9.96. The fourth-order valence-electron chi connectivity index (χ4n) is 2.97. The lowest BCUT2D eigenvalue weighted by Crippen LogP contribution is -2.50. The summed E-state index contributed by atoms with van der Waals surface area (Å²) < 4.78 is 0. The molecule has 2 aliphatic rings. The first-order chi connectivity index (χ1) is 10.1. The molecule has 0 aromatic heterocycles. The van der Waals surface area contributed by atoms with Crippen LogP contribution in [0.5, 0.6) is 0 Å². The number of hydrogen-bond donors (Lipinski definition) is 2. The van der Waals surface area contributed by atoms with Gasteiger partial charge in [0.15, 0.2) is 0 Å². The van der Waals surface area contributed by atoms with Crippen LogP contribution in [0.25, 0.3) is 0 Å². The van der Waals surface area contributed by atoms with E-state index in [1.807, 2.05) is 11.8 Å². The summed E-state index contributed by atoms with van der Waals surface area (Å²) in [5.74, 6) is 0.218. The minimum atomic E-state index is -0.0751. The van der Waals surface area contributed by atoms with Crippen LogP contribution in [0.1, 0.15) is 45.4 Å². The van der Waals surface area contributed by atoms with Gasteiger partial charge in [-0.2, -0.15) is 0 Å². The van der Waals surface area contributed by atoms with Gasteiger partial charge < -0.3 is 15.5 Å². The highest BCUT2D eigenvalue weighted by Gasteiger charge is 2.30. The van der Waals surface area contributed by atoms with Crippen LogP contribution in [0.4, 0.5) is 0 Å². The van der Waals surface area contributed by atoms with E-state index in [1.165, 1.54) is 0 Å². The summed E-state index contributed by atoms with van der Waals surface area (Å²) >= 11 is 0. The Labute approximate surface area is 125 Å². The van der Waals surface area contributed by atoms with Crippen LogP contribution in [-0.2, 0) is 14.4 Å². The van der Waals surface area contributed by atoms with Crippen molar-refractivity contribution in [3.8, 4) is 0 Å². The molecule has 0 aromatic carbocycles. The largest absolute Gasteiger partial charge is 0.355 e. The van der Waals surface area contributed by atoms with Gasteiger partial charge in [-0.3, -0.25) is 14.4 Å². The number of nitrogens with one attached hydrogen (secondary N) is 2. The molecule has 0 aromatic rings. The van der Waals surface area contributed by atoms with Crippen molar-refractivity contribution in [2.75, 3.05) is 19.6 Å². The molecule has 0 bridgehead atoms. The maximum atomic E-state index is 12.4. The van der Waals surface area contributed by atoms with Gasteiger partial charge in [-0.25, -0.2) is 0 Å². The molecule has 6 heteroatoms. The summed E-state index contributed by atoms with van der Waals surface area (Å²) in [4.78, 5) is 37.0. The summed E-state index contributed by atoms with van der Waals surface area (Å²) in [5.41, 5.74) is 0. The molecule has 2 N–H and O–H groups in total. The minimum absolute atomic E-state index is 0.0383. The molecule has 1 unspecified atom stereocenters. The van der Waals surface area contributed by atoms with Crippen molar-refractivity contribution in [1.82, 2.24) is 15.5 Å². The van der Waals surface area contributed by atoms with Crippen LogP contribution in [0.3, 0.4) is 0 Å². The van der Waals surface area contributed by atoms with E-state index in [0.717, 1.165) is 19.3 Å². The van der Waals surface area contributed by atoms with Crippen molar-refractivity contribution >= 4 is 17.7 Å². The van der Waals surface area contributed by atoms with Crippen LogP contribution in [0, 0.1) is 5.92 Å². The first-order valence-corrected chi connectivity index (χ1v) is 7.95. The molecule has 2 saturated heterocycles. The molecular formula is C15H25N3O3. The van der Waals surface area contributed by atoms with Gasteiger partial charge >= 0.3 is 0 Å². The van der Waals surface area contributed by atoms with Crippen molar-refractivity contribution in [2.45, 2.75) is 51.5 Å². The first kappa shape index (κ1) is 15.8. The molecule has 3 amide bonds. The number of amides is 3. The standard InChI is InChI=1S/C15H25N3O3/c1-2-3-14(20)17-12-6-8-18(9-7-12)15(21)11-4-5-13(19)16-10-11/h11-12H,2-10H2,1H3,(H,16,19)(H,17,20). The van der Waals surface area contributed by atoms with Crippen LogP contribution in [-0.4, -0.2) is 48.3 Å². The Balaban J connectivity index is 1.74. The van der Waals surface area contributed by atoms with E-state index in [-0.39, 0.29) is 29.7 Å². The smallest absolute Gasteiger partial charge is 0.227 e. The second kappa shape index (κ2) is 7.43. The maximum Gasteiger partial charge on any atom is 0.227 e.